The first-order valence-electron chi connectivity index (χ1n) is 9.10. The summed E-state index contributed by atoms with van der Waals surface area (Å²) in [6.45, 7) is 1.81. The van der Waals surface area contributed by atoms with E-state index < -0.39 is 0 Å². The van der Waals surface area contributed by atoms with Gasteiger partial charge < -0.3 is 9.80 Å². The van der Waals surface area contributed by atoms with Crippen molar-refractivity contribution in [3.05, 3.63) is 66.0 Å². The van der Waals surface area contributed by atoms with Crippen molar-refractivity contribution in [2.45, 2.75) is 19.3 Å². The number of hydrogen-bond acceptors (Lipinski definition) is 3. The largest absolute Gasteiger partial charge is 0.345 e. The Morgan fingerprint density at radius 3 is 2.65 bits per heavy atom. The average Bonchev–Trinajstić information content (AvgIpc) is 3.06. The Morgan fingerprint density at radius 2 is 1.92 bits per heavy atom. The minimum atomic E-state index is -0.230. The van der Waals surface area contributed by atoms with E-state index in [2.05, 4.69) is 17.1 Å². The molecule has 2 heterocycles. The van der Waals surface area contributed by atoms with Gasteiger partial charge in [0.25, 0.3) is 0 Å². The lowest BCUT2D eigenvalue weighted by atomic mass is 10.1. The quantitative estimate of drug-likeness (QED) is 0.768. The van der Waals surface area contributed by atoms with E-state index in [1.165, 1.54) is 5.56 Å². The lowest BCUT2D eigenvalue weighted by Crippen LogP contribution is -2.36. The molecule has 0 aliphatic carbocycles. The second kappa shape index (κ2) is 8.61. The van der Waals surface area contributed by atoms with Crippen LogP contribution in [-0.4, -0.2) is 53.3 Å². The fraction of sp³-hybridized carbons (Fsp3) is 0.381. The van der Waals surface area contributed by atoms with Crippen molar-refractivity contribution < 1.29 is 9.59 Å². The molecule has 0 spiro atoms. The van der Waals surface area contributed by atoms with Crippen LogP contribution in [0.4, 0.5) is 0 Å². The van der Waals surface area contributed by atoms with Gasteiger partial charge in [0.2, 0.25) is 11.8 Å². The van der Waals surface area contributed by atoms with Crippen LogP contribution in [0, 0.1) is 5.92 Å². The molecule has 0 saturated carbocycles. The van der Waals surface area contributed by atoms with Gasteiger partial charge in [0.15, 0.2) is 0 Å². The summed E-state index contributed by atoms with van der Waals surface area (Å²) in [5.74, 6) is -0.0964. The molecule has 3 rings (SSSR count). The molecule has 2 aromatic rings. The van der Waals surface area contributed by atoms with Gasteiger partial charge in [-0.15, -0.1) is 0 Å². The predicted molar refractivity (Wildman–Crippen MR) is 100 cm³/mol. The summed E-state index contributed by atoms with van der Waals surface area (Å²) >= 11 is 0. The summed E-state index contributed by atoms with van der Waals surface area (Å²) < 4.78 is 0. The lowest BCUT2D eigenvalue weighted by molar-refractivity contribution is -0.134. The number of aromatic nitrogens is 1. The summed E-state index contributed by atoms with van der Waals surface area (Å²) in [7, 11) is 1.81. The highest BCUT2D eigenvalue weighted by molar-refractivity contribution is 5.89. The molecule has 1 aromatic carbocycles. The molecule has 1 aliphatic heterocycles. The van der Waals surface area contributed by atoms with Crippen molar-refractivity contribution in [1.29, 1.82) is 0 Å². The average molecular weight is 351 g/mol. The molecule has 1 unspecified atom stereocenters. The van der Waals surface area contributed by atoms with Crippen LogP contribution in [0.25, 0.3) is 0 Å². The molecule has 136 valence electrons. The highest BCUT2D eigenvalue weighted by Gasteiger charge is 2.35. The van der Waals surface area contributed by atoms with Crippen molar-refractivity contribution in [2.75, 3.05) is 26.7 Å². The van der Waals surface area contributed by atoms with E-state index in [0.717, 1.165) is 18.5 Å². The molecular weight excluding hydrogens is 326 g/mol. The van der Waals surface area contributed by atoms with Crippen molar-refractivity contribution in [1.82, 2.24) is 14.8 Å². The van der Waals surface area contributed by atoms with E-state index in [0.29, 0.717) is 26.1 Å². The molecule has 1 saturated heterocycles. The van der Waals surface area contributed by atoms with E-state index >= 15 is 0 Å². The van der Waals surface area contributed by atoms with Crippen LogP contribution in [0.3, 0.4) is 0 Å². The van der Waals surface area contributed by atoms with E-state index in [9.17, 15) is 9.59 Å². The van der Waals surface area contributed by atoms with Crippen LogP contribution in [-0.2, 0) is 22.4 Å². The molecule has 5 heteroatoms. The molecule has 1 fully saturated rings. The monoisotopic (exact) mass is 351 g/mol. The van der Waals surface area contributed by atoms with E-state index in [1.54, 1.807) is 11.1 Å². The molecule has 1 aromatic heterocycles. The third kappa shape index (κ3) is 4.69. The number of hydrogen-bond donors (Lipinski definition) is 0. The minimum absolute atomic E-state index is 0.0523. The van der Waals surface area contributed by atoms with Crippen LogP contribution in [0.15, 0.2) is 54.7 Å². The molecule has 1 atom stereocenters. The number of pyridine rings is 1. The fourth-order valence-corrected chi connectivity index (χ4v) is 3.31. The van der Waals surface area contributed by atoms with Crippen LogP contribution >= 0.6 is 0 Å². The first kappa shape index (κ1) is 18.1. The summed E-state index contributed by atoms with van der Waals surface area (Å²) in [6.07, 6.45) is 3.63. The topological polar surface area (TPSA) is 53.5 Å². The zero-order valence-corrected chi connectivity index (χ0v) is 15.2. The van der Waals surface area contributed by atoms with Crippen molar-refractivity contribution in [2.24, 2.45) is 5.92 Å². The van der Waals surface area contributed by atoms with Gasteiger partial charge in [-0.3, -0.25) is 14.6 Å². The number of benzene rings is 1. The first-order chi connectivity index (χ1) is 12.6. The molecule has 2 amide bonds. The van der Waals surface area contributed by atoms with E-state index in [-0.39, 0.29) is 17.7 Å². The summed E-state index contributed by atoms with van der Waals surface area (Å²) in [6, 6.07) is 15.9. The SMILES string of the molecule is CN(CCc1ccccn1)C(=O)C1CC(=O)N(CCc2ccccc2)C1. The summed E-state index contributed by atoms with van der Waals surface area (Å²) in [5, 5.41) is 0. The molecule has 26 heavy (non-hydrogen) atoms. The van der Waals surface area contributed by atoms with Crippen molar-refractivity contribution in [3.8, 4) is 0 Å². The highest BCUT2D eigenvalue weighted by atomic mass is 16.2. The van der Waals surface area contributed by atoms with Crippen LogP contribution in [0.2, 0.25) is 0 Å². The Labute approximate surface area is 154 Å². The Hall–Kier alpha value is -2.69. The van der Waals surface area contributed by atoms with Gasteiger partial charge in [0, 0.05) is 51.4 Å². The van der Waals surface area contributed by atoms with Crippen molar-refractivity contribution in [3.63, 3.8) is 0 Å². The molecule has 5 nitrogen and oxygen atoms in total. The highest BCUT2D eigenvalue weighted by Crippen LogP contribution is 2.20. The third-order valence-electron chi connectivity index (χ3n) is 4.88. The van der Waals surface area contributed by atoms with E-state index in [4.69, 9.17) is 0 Å². The Kier molecular flexibility index (Phi) is 6.00. The van der Waals surface area contributed by atoms with Gasteiger partial charge in [-0.1, -0.05) is 36.4 Å². The maximum absolute atomic E-state index is 12.7. The maximum Gasteiger partial charge on any atom is 0.227 e. The number of likely N-dealkylation sites (tertiary alicyclic amines) is 1. The normalized spacial score (nSPS) is 16.7. The third-order valence-corrected chi connectivity index (χ3v) is 4.88. The van der Waals surface area contributed by atoms with Crippen molar-refractivity contribution >= 4 is 11.8 Å². The number of carbonyl (C=O) groups is 2. The maximum atomic E-state index is 12.7. The molecule has 0 bridgehead atoms. The second-order valence-corrected chi connectivity index (χ2v) is 6.81. The molecular formula is C21H25N3O2. The minimum Gasteiger partial charge on any atom is -0.345 e. The van der Waals surface area contributed by atoms with Crippen LogP contribution in [0.5, 0.6) is 0 Å². The number of carbonyl (C=O) groups excluding carboxylic acids is 2. The molecule has 0 N–H and O–H groups in total. The molecule has 0 radical (unpaired) electrons. The number of nitrogens with zero attached hydrogens (tertiary/aromatic N) is 3. The standard InChI is InChI=1S/C21H25N3O2/c1-23(13-11-19-9-5-6-12-22-19)21(26)18-15-20(25)24(16-18)14-10-17-7-3-2-4-8-17/h2-9,12,18H,10-11,13-16H2,1H3. The number of likely N-dealkylation sites (N-methyl/N-ethyl adjacent to an activating group) is 1. The Morgan fingerprint density at radius 1 is 1.15 bits per heavy atom. The van der Waals surface area contributed by atoms with Gasteiger partial charge in [-0.25, -0.2) is 0 Å². The Bertz CT molecular complexity index is 733. The number of amides is 2. The fourth-order valence-electron chi connectivity index (χ4n) is 3.31. The van der Waals surface area contributed by atoms with Gasteiger partial charge in [0.05, 0.1) is 5.92 Å². The van der Waals surface area contributed by atoms with Crippen LogP contribution < -0.4 is 0 Å². The zero-order chi connectivity index (χ0) is 18.4. The Balaban J connectivity index is 1.48. The summed E-state index contributed by atoms with van der Waals surface area (Å²) in [4.78, 5) is 32.8. The van der Waals surface area contributed by atoms with Gasteiger partial charge in [-0.2, -0.15) is 0 Å². The summed E-state index contributed by atoms with van der Waals surface area (Å²) in [5.41, 5.74) is 2.18. The predicted octanol–water partition coefficient (Wildman–Crippen LogP) is 2.17. The molecule has 1 aliphatic rings. The van der Waals surface area contributed by atoms with Gasteiger partial charge in [-0.05, 0) is 24.1 Å². The van der Waals surface area contributed by atoms with Gasteiger partial charge in [0.1, 0.15) is 0 Å². The smallest absolute Gasteiger partial charge is 0.227 e. The van der Waals surface area contributed by atoms with E-state index in [1.807, 2.05) is 48.3 Å². The lowest BCUT2D eigenvalue weighted by Gasteiger charge is -2.21. The van der Waals surface area contributed by atoms with Crippen LogP contribution in [0.1, 0.15) is 17.7 Å². The van der Waals surface area contributed by atoms with Gasteiger partial charge >= 0.3 is 0 Å². The zero-order valence-electron chi connectivity index (χ0n) is 15.2. The second-order valence-electron chi connectivity index (χ2n) is 6.81. The first-order valence-corrected chi connectivity index (χ1v) is 9.10. The number of rotatable bonds is 7.